The van der Waals surface area contributed by atoms with Crippen LogP contribution in [0.4, 0.5) is 10.5 Å². The average Bonchev–Trinajstić information content (AvgIpc) is 2.78. The Kier molecular flexibility index (Phi) is 4.91. The third-order valence-corrected chi connectivity index (χ3v) is 5.95. The number of aryl methyl sites for hydroxylation is 2. The van der Waals surface area contributed by atoms with E-state index in [1.807, 2.05) is 30.3 Å². The van der Waals surface area contributed by atoms with E-state index in [0.29, 0.717) is 5.58 Å². The van der Waals surface area contributed by atoms with Crippen molar-refractivity contribution in [1.29, 1.82) is 0 Å². The lowest BCUT2D eigenvalue weighted by Crippen LogP contribution is -2.34. The zero-order chi connectivity index (χ0) is 20.5. The number of carbonyl (C=O) groups is 1. The van der Waals surface area contributed by atoms with Crippen LogP contribution in [-0.2, 0) is 30.7 Å². The van der Waals surface area contributed by atoms with E-state index in [9.17, 15) is 9.59 Å². The van der Waals surface area contributed by atoms with Crippen molar-refractivity contribution in [3.8, 4) is 0 Å². The Balaban J connectivity index is 1.41. The number of carbonyl (C=O) groups excluding carboxylic acids is 1. The van der Waals surface area contributed by atoms with Gasteiger partial charge in [0.25, 0.3) is 0 Å². The lowest BCUT2D eigenvalue weighted by molar-refractivity contribution is 0.139. The van der Waals surface area contributed by atoms with Gasteiger partial charge in [-0.1, -0.05) is 30.3 Å². The molecule has 0 saturated carbocycles. The summed E-state index contributed by atoms with van der Waals surface area (Å²) in [5.41, 5.74) is 5.68. The number of nitrogens with zero attached hydrogens (tertiary/aromatic N) is 1. The molecule has 1 N–H and O–H groups in total. The van der Waals surface area contributed by atoms with Gasteiger partial charge in [-0.25, -0.2) is 9.59 Å². The normalized spacial score (nSPS) is 15.0. The smallest absolute Gasteiger partial charge is 0.407 e. The number of fused-ring (bicyclic) bond motifs is 2. The van der Waals surface area contributed by atoms with Crippen molar-refractivity contribution in [2.75, 3.05) is 18.0 Å². The molecule has 1 amide bonds. The monoisotopic (exact) mass is 404 g/mol. The molecule has 1 aromatic heterocycles. The zero-order valence-electron chi connectivity index (χ0n) is 16.8. The summed E-state index contributed by atoms with van der Waals surface area (Å²) in [7, 11) is 0. The number of benzene rings is 2. The standard InChI is InChI=1S/C24H24N2O4/c27-21-13-18(14-25-24(28)29-15-16-6-2-1-3-7-16)20-12-17-8-4-10-26-11-5-9-19(22(17)26)23(20)30-21/h1-3,6-7,12-13H,4-5,8-11,14-15H2,(H,25,28). The molecule has 5 rings (SSSR count). The van der Waals surface area contributed by atoms with Gasteiger partial charge in [-0.3, -0.25) is 0 Å². The van der Waals surface area contributed by atoms with Gasteiger partial charge < -0.3 is 19.4 Å². The molecule has 3 aromatic rings. The molecule has 0 saturated heterocycles. The first-order valence-corrected chi connectivity index (χ1v) is 10.5. The summed E-state index contributed by atoms with van der Waals surface area (Å²) in [6.45, 7) is 2.55. The minimum Gasteiger partial charge on any atom is -0.445 e. The third kappa shape index (κ3) is 3.54. The third-order valence-electron chi connectivity index (χ3n) is 5.95. The SMILES string of the molecule is O=C(NCc1cc(=O)oc2c3c4c(cc12)CCCN4CCC3)OCc1ccccc1. The Morgan fingerprint density at radius 3 is 2.73 bits per heavy atom. The fourth-order valence-corrected chi connectivity index (χ4v) is 4.62. The molecule has 0 aliphatic carbocycles. The minimum atomic E-state index is -0.509. The lowest BCUT2D eigenvalue weighted by Gasteiger charge is -2.37. The van der Waals surface area contributed by atoms with Crippen LogP contribution in [0.25, 0.3) is 11.0 Å². The average molecular weight is 404 g/mol. The molecule has 0 unspecified atom stereocenters. The second-order valence-electron chi connectivity index (χ2n) is 7.94. The highest BCUT2D eigenvalue weighted by molar-refractivity contribution is 5.90. The molecule has 0 radical (unpaired) electrons. The Morgan fingerprint density at radius 1 is 1.10 bits per heavy atom. The Bertz CT molecular complexity index is 1150. The molecule has 30 heavy (non-hydrogen) atoms. The molecule has 0 spiro atoms. The summed E-state index contributed by atoms with van der Waals surface area (Å²) >= 11 is 0. The second-order valence-corrected chi connectivity index (χ2v) is 7.94. The zero-order valence-corrected chi connectivity index (χ0v) is 16.8. The highest BCUT2D eigenvalue weighted by Crippen LogP contribution is 2.40. The summed E-state index contributed by atoms with van der Waals surface area (Å²) in [5.74, 6) is 0. The predicted octanol–water partition coefficient (Wildman–Crippen LogP) is 3.92. The molecule has 2 aliphatic rings. The van der Waals surface area contributed by atoms with Gasteiger partial charge in [0, 0.05) is 42.3 Å². The summed E-state index contributed by atoms with van der Waals surface area (Å²) in [4.78, 5) is 26.9. The van der Waals surface area contributed by atoms with Gasteiger partial charge in [0.05, 0.1) is 0 Å². The number of rotatable bonds is 4. The fourth-order valence-electron chi connectivity index (χ4n) is 4.62. The molecule has 2 aromatic carbocycles. The summed E-state index contributed by atoms with van der Waals surface area (Å²) in [6.07, 6.45) is 3.62. The maximum Gasteiger partial charge on any atom is 0.407 e. The summed E-state index contributed by atoms with van der Waals surface area (Å²) in [6, 6.07) is 13.1. The predicted molar refractivity (Wildman–Crippen MR) is 115 cm³/mol. The van der Waals surface area contributed by atoms with Gasteiger partial charge in [-0.15, -0.1) is 0 Å². The molecule has 0 bridgehead atoms. The van der Waals surface area contributed by atoms with Crippen LogP contribution >= 0.6 is 0 Å². The van der Waals surface area contributed by atoms with Crippen LogP contribution in [0.5, 0.6) is 0 Å². The van der Waals surface area contributed by atoms with E-state index in [2.05, 4.69) is 16.3 Å². The van der Waals surface area contributed by atoms with E-state index in [1.54, 1.807) is 0 Å². The van der Waals surface area contributed by atoms with Crippen molar-refractivity contribution in [3.63, 3.8) is 0 Å². The Labute approximate surface area is 174 Å². The van der Waals surface area contributed by atoms with Crippen molar-refractivity contribution in [2.24, 2.45) is 0 Å². The van der Waals surface area contributed by atoms with Crippen LogP contribution in [-0.4, -0.2) is 19.2 Å². The minimum absolute atomic E-state index is 0.206. The molecule has 0 atom stereocenters. The topological polar surface area (TPSA) is 71.8 Å². The van der Waals surface area contributed by atoms with Gasteiger partial charge in [0.1, 0.15) is 12.2 Å². The molecular weight excluding hydrogens is 380 g/mol. The van der Waals surface area contributed by atoms with Crippen LogP contribution in [0.1, 0.15) is 35.1 Å². The number of nitrogens with one attached hydrogen (secondary N) is 1. The first-order valence-electron chi connectivity index (χ1n) is 10.5. The van der Waals surface area contributed by atoms with Crippen molar-refractivity contribution in [2.45, 2.75) is 38.8 Å². The van der Waals surface area contributed by atoms with Crippen molar-refractivity contribution >= 4 is 22.7 Å². The quantitative estimate of drug-likeness (QED) is 0.668. The van der Waals surface area contributed by atoms with Crippen molar-refractivity contribution in [1.82, 2.24) is 5.32 Å². The number of amides is 1. The summed E-state index contributed by atoms with van der Waals surface area (Å²) < 4.78 is 11.0. The summed E-state index contributed by atoms with van der Waals surface area (Å²) in [5, 5.41) is 3.69. The lowest BCUT2D eigenvalue weighted by atomic mass is 9.89. The van der Waals surface area contributed by atoms with Gasteiger partial charge in [0.2, 0.25) is 0 Å². The highest BCUT2D eigenvalue weighted by Gasteiger charge is 2.27. The van der Waals surface area contributed by atoms with Gasteiger partial charge in [-0.05, 0) is 48.4 Å². The van der Waals surface area contributed by atoms with E-state index < -0.39 is 6.09 Å². The number of anilines is 1. The van der Waals surface area contributed by atoms with Crippen LogP contribution in [0.2, 0.25) is 0 Å². The highest BCUT2D eigenvalue weighted by atomic mass is 16.5. The van der Waals surface area contributed by atoms with E-state index in [4.69, 9.17) is 9.15 Å². The number of ether oxygens (including phenoxy) is 1. The largest absolute Gasteiger partial charge is 0.445 e. The van der Waals surface area contributed by atoms with E-state index in [1.165, 1.54) is 17.3 Å². The molecule has 6 nitrogen and oxygen atoms in total. The van der Waals surface area contributed by atoms with Crippen molar-refractivity contribution < 1.29 is 13.9 Å². The fraction of sp³-hybridized carbons (Fsp3) is 0.333. The van der Waals surface area contributed by atoms with Gasteiger partial charge >= 0.3 is 11.7 Å². The van der Waals surface area contributed by atoms with E-state index in [-0.39, 0.29) is 18.8 Å². The van der Waals surface area contributed by atoms with Crippen molar-refractivity contribution in [3.05, 3.63) is 75.1 Å². The first kappa shape index (κ1) is 18.7. The Hall–Kier alpha value is -3.28. The molecule has 0 fully saturated rings. The molecule has 6 heteroatoms. The molecular formula is C24H24N2O4. The molecule has 3 heterocycles. The van der Waals surface area contributed by atoms with Gasteiger partial charge in [0.15, 0.2) is 0 Å². The number of alkyl carbamates (subject to hydrolysis) is 1. The van der Waals surface area contributed by atoms with Crippen LogP contribution in [0.3, 0.4) is 0 Å². The Morgan fingerprint density at radius 2 is 1.90 bits per heavy atom. The molecule has 154 valence electrons. The van der Waals surface area contributed by atoms with E-state index >= 15 is 0 Å². The van der Waals surface area contributed by atoms with E-state index in [0.717, 1.165) is 60.8 Å². The van der Waals surface area contributed by atoms with Gasteiger partial charge in [-0.2, -0.15) is 0 Å². The van der Waals surface area contributed by atoms with Crippen LogP contribution in [0, 0.1) is 0 Å². The molecule has 2 aliphatic heterocycles. The maximum absolute atomic E-state index is 12.3. The number of hydrogen-bond donors (Lipinski definition) is 1. The van der Waals surface area contributed by atoms with Crippen LogP contribution < -0.4 is 15.8 Å². The van der Waals surface area contributed by atoms with Crippen LogP contribution in [0.15, 0.2) is 51.7 Å². The first-order chi connectivity index (χ1) is 14.7. The maximum atomic E-state index is 12.3. The second kappa shape index (κ2) is 7.86. The number of hydrogen-bond acceptors (Lipinski definition) is 5.